The van der Waals surface area contributed by atoms with Crippen LogP contribution in [0.2, 0.25) is 0 Å². The smallest absolute Gasteiger partial charge is 0.416 e. The molecule has 0 aliphatic rings. The van der Waals surface area contributed by atoms with Crippen LogP contribution in [-0.2, 0) is 12.6 Å². The summed E-state index contributed by atoms with van der Waals surface area (Å²) in [7, 11) is 0. The van der Waals surface area contributed by atoms with Crippen molar-refractivity contribution in [1.29, 1.82) is 0 Å². The first kappa shape index (κ1) is 22.3. The zero-order valence-electron chi connectivity index (χ0n) is 17.2. The Kier molecular flexibility index (Phi) is 6.83. The van der Waals surface area contributed by atoms with E-state index < -0.39 is 11.7 Å². The van der Waals surface area contributed by atoms with Crippen molar-refractivity contribution in [3.8, 4) is 16.3 Å². The van der Waals surface area contributed by atoms with Gasteiger partial charge in [0.25, 0.3) is 0 Å². The van der Waals surface area contributed by atoms with Crippen molar-refractivity contribution in [3.05, 3.63) is 70.2 Å². The number of phenols is 1. The predicted octanol–water partition coefficient (Wildman–Crippen LogP) is 6.47. The normalized spacial score (nSPS) is 13.0. The third-order valence-electron chi connectivity index (χ3n) is 5.35. The van der Waals surface area contributed by atoms with E-state index in [0.29, 0.717) is 10.6 Å². The monoisotopic (exact) mass is 434 g/mol. The fourth-order valence-electron chi connectivity index (χ4n) is 3.41. The molecule has 0 saturated carbocycles. The lowest BCUT2D eigenvalue weighted by Gasteiger charge is -2.27. The molecule has 1 unspecified atom stereocenters. The molecule has 1 aromatic heterocycles. The number of aryl methyl sites for hydroxylation is 1. The third-order valence-corrected chi connectivity index (χ3v) is 6.57. The van der Waals surface area contributed by atoms with Crippen molar-refractivity contribution in [3.63, 3.8) is 0 Å². The van der Waals surface area contributed by atoms with E-state index in [9.17, 15) is 18.3 Å². The summed E-state index contributed by atoms with van der Waals surface area (Å²) in [4.78, 5) is 7.83. The van der Waals surface area contributed by atoms with Crippen LogP contribution in [0.3, 0.4) is 0 Å². The zero-order chi connectivity index (χ0) is 21.9. The highest BCUT2D eigenvalue weighted by Crippen LogP contribution is 2.34. The molecular weight excluding hydrogens is 409 g/mol. The molecule has 3 nitrogen and oxygen atoms in total. The minimum Gasteiger partial charge on any atom is -0.508 e. The maximum Gasteiger partial charge on any atom is 0.416 e. The number of aromatic hydroxyl groups is 1. The number of nitrogens with zero attached hydrogens (tertiary/aromatic N) is 2. The number of hydrogen-bond acceptors (Lipinski definition) is 4. The molecule has 3 rings (SSSR count). The number of aromatic nitrogens is 1. The van der Waals surface area contributed by atoms with E-state index >= 15 is 0 Å². The molecule has 2 aromatic carbocycles. The van der Waals surface area contributed by atoms with Gasteiger partial charge in [0.05, 0.1) is 5.56 Å². The molecule has 160 valence electrons. The fraction of sp³-hybridized carbons (Fsp3) is 0.348. The number of thiazole rings is 1. The average Bonchev–Trinajstić information content (AvgIpc) is 3.20. The first-order chi connectivity index (χ1) is 14.2. The van der Waals surface area contributed by atoms with Gasteiger partial charge < -0.3 is 5.11 Å². The van der Waals surface area contributed by atoms with Gasteiger partial charge in [-0.25, -0.2) is 4.98 Å². The SMILES string of the molecule is CCN(CCc1cc(O)ccc1C)C(C)c1cnc(-c2ccc(C(F)(F)F)cc2)s1. The van der Waals surface area contributed by atoms with Crippen LogP contribution in [-0.4, -0.2) is 28.1 Å². The summed E-state index contributed by atoms with van der Waals surface area (Å²) in [6.45, 7) is 7.93. The number of hydrogen-bond donors (Lipinski definition) is 1. The molecule has 0 spiro atoms. The van der Waals surface area contributed by atoms with Crippen LogP contribution in [0.15, 0.2) is 48.7 Å². The standard InChI is InChI=1S/C23H25F3N2OS/c1-4-28(12-11-18-13-20(29)10-5-15(18)2)16(3)21-14-27-22(30-21)17-6-8-19(9-7-17)23(24,25)26/h5-10,13-14,16,29H,4,11-12H2,1-3H3. The Hall–Kier alpha value is -2.38. The van der Waals surface area contributed by atoms with Crippen LogP contribution in [0.25, 0.3) is 10.6 Å². The zero-order valence-corrected chi connectivity index (χ0v) is 18.0. The van der Waals surface area contributed by atoms with Crippen molar-refractivity contribution in [1.82, 2.24) is 9.88 Å². The van der Waals surface area contributed by atoms with Gasteiger partial charge in [0, 0.05) is 29.2 Å². The van der Waals surface area contributed by atoms with Crippen LogP contribution in [0.4, 0.5) is 13.2 Å². The second-order valence-corrected chi connectivity index (χ2v) is 8.37. The second-order valence-electron chi connectivity index (χ2n) is 7.31. The summed E-state index contributed by atoms with van der Waals surface area (Å²) in [5.41, 5.74) is 2.30. The van der Waals surface area contributed by atoms with Crippen molar-refractivity contribution in [2.24, 2.45) is 0 Å². The minimum atomic E-state index is -4.34. The molecular formula is C23H25F3N2OS. The number of alkyl halides is 3. The Morgan fingerprint density at radius 1 is 1.13 bits per heavy atom. The maximum absolute atomic E-state index is 12.8. The van der Waals surface area contributed by atoms with E-state index in [4.69, 9.17) is 0 Å². The molecule has 1 N–H and O–H groups in total. The summed E-state index contributed by atoms with van der Waals surface area (Å²) in [6.07, 6.45) is -1.70. The maximum atomic E-state index is 12.8. The number of rotatable bonds is 7. The molecule has 0 amide bonds. The van der Waals surface area contributed by atoms with Gasteiger partial charge in [-0.2, -0.15) is 13.2 Å². The summed E-state index contributed by atoms with van der Waals surface area (Å²) in [5, 5.41) is 10.5. The van der Waals surface area contributed by atoms with Crippen molar-refractivity contribution < 1.29 is 18.3 Å². The van der Waals surface area contributed by atoms with Gasteiger partial charge >= 0.3 is 6.18 Å². The van der Waals surface area contributed by atoms with E-state index in [1.54, 1.807) is 6.07 Å². The molecule has 30 heavy (non-hydrogen) atoms. The average molecular weight is 435 g/mol. The van der Waals surface area contributed by atoms with E-state index in [1.165, 1.54) is 23.5 Å². The lowest BCUT2D eigenvalue weighted by molar-refractivity contribution is -0.137. The van der Waals surface area contributed by atoms with Crippen LogP contribution in [0.1, 0.15) is 41.5 Å². The van der Waals surface area contributed by atoms with Gasteiger partial charge in [0.1, 0.15) is 10.8 Å². The Morgan fingerprint density at radius 3 is 2.47 bits per heavy atom. The largest absolute Gasteiger partial charge is 0.508 e. The van der Waals surface area contributed by atoms with Crippen molar-refractivity contribution >= 4 is 11.3 Å². The molecule has 1 atom stereocenters. The molecule has 0 bridgehead atoms. The van der Waals surface area contributed by atoms with Gasteiger partial charge in [-0.1, -0.05) is 25.1 Å². The first-order valence-corrected chi connectivity index (χ1v) is 10.7. The second kappa shape index (κ2) is 9.18. The molecule has 0 radical (unpaired) electrons. The molecule has 7 heteroatoms. The van der Waals surface area contributed by atoms with Gasteiger partial charge in [-0.05, 0) is 62.2 Å². The molecule has 3 aromatic rings. The number of halogens is 3. The Bertz CT molecular complexity index is 983. The Morgan fingerprint density at radius 2 is 1.83 bits per heavy atom. The molecule has 0 saturated heterocycles. The topological polar surface area (TPSA) is 36.4 Å². The molecule has 0 aliphatic heterocycles. The van der Waals surface area contributed by atoms with E-state index in [-0.39, 0.29) is 11.8 Å². The summed E-state index contributed by atoms with van der Waals surface area (Å²) < 4.78 is 38.3. The molecule has 0 aliphatic carbocycles. The van der Waals surface area contributed by atoms with E-state index in [2.05, 4.69) is 23.7 Å². The van der Waals surface area contributed by atoms with Crippen molar-refractivity contribution in [2.75, 3.05) is 13.1 Å². The highest BCUT2D eigenvalue weighted by molar-refractivity contribution is 7.15. The summed E-state index contributed by atoms with van der Waals surface area (Å²) >= 11 is 1.50. The van der Waals surface area contributed by atoms with Gasteiger partial charge in [0.15, 0.2) is 0 Å². The quantitative estimate of drug-likeness (QED) is 0.463. The van der Waals surface area contributed by atoms with Crippen LogP contribution >= 0.6 is 11.3 Å². The van der Waals surface area contributed by atoms with Crippen molar-refractivity contribution in [2.45, 2.75) is 39.4 Å². The number of likely N-dealkylation sites (N-methyl/N-ethyl adjacent to an activating group) is 1. The number of benzene rings is 2. The fourth-order valence-corrected chi connectivity index (χ4v) is 4.42. The van der Waals surface area contributed by atoms with Crippen LogP contribution in [0.5, 0.6) is 5.75 Å². The Balaban J connectivity index is 1.70. The lowest BCUT2D eigenvalue weighted by atomic mass is 10.0. The Labute approximate surface area is 178 Å². The predicted molar refractivity (Wildman–Crippen MR) is 115 cm³/mol. The molecule has 1 heterocycles. The molecule has 0 fully saturated rings. The van der Waals surface area contributed by atoms with Gasteiger partial charge in [-0.15, -0.1) is 11.3 Å². The van der Waals surface area contributed by atoms with Gasteiger partial charge in [-0.3, -0.25) is 4.90 Å². The lowest BCUT2D eigenvalue weighted by Crippen LogP contribution is -2.28. The highest BCUT2D eigenvalue weighted by atomic mass is 32.1. The van der Waals surface area contributed by atoms with E-state index in [0.717, 1.165) is 47.6 Å². The first-order valence-electron chi connectivity index (χ1n) is 9.85. The highest BCUT2D eigenvalue weighted by Gasteiger charge is 2.30. The van der Waals surface area contributed by atoms with Crippen LogP contribution < -0.4 is 0 Å². The summed E-state index contributed by atoms with van der Waals surface area (Å²) in [5.74, 6) is 0.273. The van der Waals surface area contributed by atoms with Gasteiger partial charge in [0.2, 0.25) is 0 Å². The summed E-state index contributed by atoms with van der Waals surface area (Å²) in [6, 6.07) is 10.7. The van der Waals surface area contributed by atoms with Crippen LogP contribution in [0, 0.1) is 6.92 Å². The third kappa shape index (κ3) is 5.21. The minimum absolute atomic E-state index is 0.133. The van der Waals surface area contributed by atoms with E-state index in [1.807, 2.05) is 25.3 Å². The number of phenolic OH excluding ortho intramolecular Hbond substituents is 1.